The maximum Gasteiger partial charge on any atom is 0.282 e. The molecule has 2 aliphatic rings. The summed E-state index contributed by atoms with van der Waals surface area (Å²) in [6, 6.07) is 22.9. The van der Waals surface area contributed by atoms with E-state index in [-0.39, 0.29) is 11.8 Å². The number of fused-ring (bicyclic) bond motifs is 1. The molecule has 0 radical (unpaired) electrons. The number of hydrogen-bond donors (Lipinski definition) is 0. The minimum absolute atomic E-state index is 0.310. The van der Waals surface area contributed by atoms with Crippen molar-refractivity contribution in [1.82, 2.24) is 0 Å². The summed E-state index contributed by atoms with van der Waals surface area (Å²) in [5, 5.41) is 0. The zero-order valence-corrected chi connectivity index (χ0v) is 18.2. The highest BCUT2D eigenvalue weighted by Crippen LogP contribution is 2.40. The van der Waals surface area contributed by atoms with Crippen molar-refractivity contribution >= 4 is 28.8 Å². The van der Waals surface area contributed by atoms with Crippen LogP contribution in [-0.2, 0) is 16.0 Å². The lowest BCUT2D eigenvalue weighted by atomic mass is 9.98. The Kier molecular flexibility index (Phi) is 5.02. The number of anilines is 2. The van der Waals surface area contributed by atoms with Crippen LogP contribution in [0.3, 0.4) is 0 Å². The van der Waals surface area contributed by atoms with Gasteiger partial charge in [-0.15, -0.1) is 0 Å². The number of carbonyl (C=O) groups is 2. The molecular weight excluding hydrogens is 400 g/mol. The number of carbonyl (C=O) groups excluding carboxylic acids is 2. The molecule has 32 heavy (non-hydrogen) atoms. The average molecular weight is 425 g/mol. The Balaban J connectivity index is 1.69. The lowest BCUT2D eigenvalue weighted by Gasteiger charge is -2.32. The molecular formula is C27H24N2O3. The van der Waals surface area contributed by atoms with E-state index in [0.717, 1.165) is 29.7 Å². The molecule has 2 heterocycles. The third kappa shape index (κ3) is 3.26. The van der Waals surface area contributed by atoms with Gasteiger partial charge in [0.1, 0.15) is 11.4 Å². The second-order valence-corrected chi connectivity index (χ2v) is 8.12. The van der Waals surface area contributed by atoms with Gasteiger partial charge in [-0.25, -0.2) is 4.90 Å². The quantitative estimate of drug-likeness (QED) is 0.568. The Morgan fingerprint density at radius 3 is 2.44 bits per heavy atom. The van der Waals surface area contributed by atoms with Crippen LogP contribution in [0.15, 0.2) is 78.5 Å². The van der Waals surface area contributed by atoms with Gasteiger partial charge < -0.3 is 9.64 Å². The van der Waals surface area contributed by atoms with E-state index in [2.05, 4.69) is 6.07 Å². The molecule has 0 saturated carbocycles. The number of hydrogen-bond acceptors (Lipinski definition) is 4. The summed E-state index contributed by atoms with van der Waals surface area (Å²) in [6.45, 7) is 2.69. The lowest BCUT2D eigenvalue weighted by Crippen LogP contribution is -2.37. The Labute approximate surface area is 187 Å². The standard InChI is InChI=1S/C27H24N2O3/c1-18-12-14-20(15-13-18)24-25(28-16-6-8-19-7-3-4-11-23(19)28)27(31)29(26(24)30)21-9-5-10-22(17-21)32-2/h3-5,7,9-15,17H,6,8,16H2,1-2H3. The number of methoxy groups -OCH3 is 1. The van der Waals surface area contributed by atoms with E-state index in [1.54, 1.807) is 31.4 Å². The SMILES string of the molecule is COc1cccc(N2C(=O)C(c3ccc(C)cc3)=C(N3CCCc4ccccc43)C2=O)c1. The highest BCUT2D eigenvalue weighted by molar-refractivity contribution is 6.46. The van der Waals surface area contributed by atoms with Crippen molar-refractivity contribution in [2.75, 3.05) is 23.5 Å². The van der Waals surface area contributed by atoms with E-state index in [9.17, 15) is 9.59 Å². The number of ether oxygens (including phenoxy) is 1. The molecule has 3 aromatic rings. The summed E-state index contributed by atoms with van der Waals surface area (Å²) in [4.78, 5) is 30.9. The third-order valence-electron chi connectivity index (χ3n) is 6.09. The van der Waals surface area contributed by atoms with E-state index in [1.807, 2.05) is 54.3 Å². The van der Waals surface area contributed by atoms with E-state index in [4.69, 9.17) is 4.74 Å². The number of amides is 2. The van der Waals surface area contributed by atoms with Gasteiger partial charge in [-0.05, 0) is 49.1 Å². The Morgan fingerprint density at radius 2 is 1.66 bits per heavy atom. The molecule has 160 valence electrons. The van der Waals surface area contributed by atoms with Gasteiger partial charge in [0.2, 0.25) is 0 Å². The molecule has 3 aromatic carbocycles. The van der Waals surface area contributed by atoms with Crippen LogP contribution in [0.5, 0.6) is 5.75 Å². The number of nitrogens with zero attached hydrogens (tertiary/aromatic N) is 2. The number of para-hydroxylation sites is 1. The fourth-order valence-corrected chi connectivity index (χ4v) is 4.50. The second kappa shape index (κ2) is 8.00. The highest BCUT2D eigenvalue weighted by Gasteiger charge is 2.43. The van der Waals surface area contributed by atoms with E-state index in [1.165, 1.54) is 10.5 Å². The Hall–Kier alpha value is -3.86. The lowest BCUT2D eigenvalue weighted by molar-refractivity contribution is -0.120. The smallest absolute Gasteiger partial charge is 0.282 e. The molecule has 2 amide bonds. The van der Waals surface area contributed by atoms with Gasteiger partial charge in [-0.3, -0.25) is 9.59 Å². The van der Waals surface area contributed by atoms with Crippen molar-refractivity contribution in [3.05, 3.63) is 95.2 Å². The molecule has 0 spiro atoms. The first-order chi connectivity index (χ1) is 15.6. The molecule has 5 heteroatoms. The maximum absolute atomic E-state index is 13.8. The van der Waals surface area contributed by atoms with Gasteiger partial charge in [0.25, 0.3) is 11.8 Å². The molecule has 0 fully saturated rings. The van der Waals surface area contributed by atoms with Crippen molar-refractivity contribution in [2.45, 2.75) is 19.8 Å². The van der Waals surface area contributed by atoms with Gasteiger partial charge >= 0.3 is 0 Å². The summed E-state index contributed by atoms with van der Waals surface area (Å²) in [6.07, 6.45) is 1.88. The molecule has 5 rings (SSSR count). The van der Waals surface area contributed by atoms with Crippen molar-refractivity contribution in [3.63, 3.8) is 0 Å². The van der Waals surface area contributed by atoms with Gasteiger partial charge in [-0.2, -0.15) is 0 Å². The first-order valence-corrected chi connectivity index (χ1v) is 10.8. The fourth-order valence-electron chi connectivity index (χ4n) is 4.50. The molecule has 0 bridgehead atoms. The summed E-state index contributed by atoms with van der Waals surface area (Å²) in [5.74, 6) is -0.0301. The molecule has 0 unspecified atom stereocenters. The van der Waals surface area contributed by atoms with Crippen LogP contribution in [0.2, 0.25) is 0 Å². The van der Waals surface area contributed by atoms with Crippen molar-refractivity contribution in [1.29, 1.82) is 0 Å². The van der Waals surface area contributed by atoms with Crippen LogP contribution < -0.4 is 14.5 Å². The van der Waals surface area contributed by atoms with Gasteiger partial charge in [-0.1, -0.05) is 54.1 Å². The number of imide groups is 1. The van der Waals surface area contributed by atoms with Crippen LogP contribution in [-0.4, -0.2) is 25.5 Å². The number of rotatable bonds is 4. The fraction of sp³-hybridized carbons (Fsp3) is 0.185. The molecule has 0 atom stereocenters. The van der Waals surface area contributed by atoms with Crippen LogP contribution in [0.25, 0.3) is 5.57 Å². The minimum atomic E-state index is -0.315. The Bertz CT molecular complexity index is 1240. The van der Waals surface area contributed by atoms with E-state index < -0.39 is 0 Å². The minimum Gasteiger partial charge on any atom is -0.497 e. The Morgan fingerprint density at radius 1 is 0.875 bits per heavy atom. The third-order valence-corrected chi connectivity index (χ3v) is 6.09. The molecule has 0 aliphatic carbocycles. The summed E-state index contributed by atoms with van der Waals surface area (Å²) >= 11 is 0. The zero-order valence-electron chi connectivity index (χ0n) is 18.2. The van der Waals surface area contributed by atoms with Crippen molar-refractivity contribution < 1.29 is 14.3 Å². The van der Waals surface area contributed by atoms with E-state index in [0.29, 0.717) is 29.3 Å². The van der Waals surface area contributed by atoms with Crippen molar-refractivity contribution in [2.24, 2.45) is 0 Å². The molecule has 0 aromatic heterocycles. The average Bonchev–Trinajstić information content (AvgIpc) is 3.09. The predicted molar refractivity (Wildman–Crippen MR) is 126 cm³/mol. The zero-order chi connectivity index (χ0) is 22.2. The van der Waals surface area contributed by atoms with Crippen molar-refractivity contribution in [3.8, 4) is 5.75 Å². The van der Waals surface area contributed by atoms with Crippen LogP contribution >= 0.6 is 0 Å². The topological polar surface area (TPSA) is 49.9 Å². The summed E-state index contributed by atoms with van der Waals surface area (Å²) in [5.41, 5.74) is 5.41. The van der Waals surface area contributed by atoms with Crippen LogP contribution in [0, 0.1) is 6.92 Å². The van der Waals surface area contributed by atoms with Gasteiger partial charge in [0.15, 0.2) is 0 Å². The molecule has 2 aliphatic heterocycles. The molecule has 0 saturated heterocycles. The second-order valence-electron chi connectivity index (χ2n) is 8.12. The van der Waals surface area contributed by atoms with Crippen LogP contribution in [0.4, 0.5) is 11.4 Å². The molecule has 0 N–H and O–H groups in total. The monoisotopic (exact) mass is 424 g/mol. The number of aryl methyl sites for hydroxylation is 2. The first-order valence-electron chi connectivity index (χ1n) is 10.8. The predicted octanol–water partition coefficient (Wildman–Crippen LogP) is 4.74. The van der Waals surface area contributed by atoms with Gasteiger partial charge in [0, 0.05) is 18.3 Å². The number of benzene rings is 3. The summed E-state index contributed by atoms with van der Waals surface area (Å²) < 4.78 is 5.33. The van der Waals surface area contributed by atoms with Gasteiger partial charge in [0.05, 0.1) is 18.4 Å². The van der Waals surface area contributed by atoms with E-state index >= 15 is 0 Å². The normalized spacial score (nSPS) is 15.9. The summed E-state index contributed by atoms with van der Waals surface area (Å²) in [7, 11) is 1.57. The maximum atomic E-state index is 13.8. The highest BCUT2D eigenvalue weighted by atomic mass is 16.5. The molecule has 5 nitrogen and oxygen atoms in total. The largest absolute Gasteiger partial charge is 0.497 e. The van der Waals surface area contributed by atoms with Crippen LogP contribution in [0.1, 0.15) is 23.1 Å². The first kappa shape index (κ1) is 20.1.